The Morgan fingerprint density at radius 1 is 1.35 bits per heavy atom. The van der Waals surface area contributed by atoms with Gasteiger partial charge in [-0.05, 0) is 37.4 Å². The van der Waals surface area contributed by atoms with Gasteiger partial charge in [-0.25, -0.2) is 8.91 Å². The fourth-order valence-electron chi connectivity index (χ4n) is 3.33. The molecule has 1 amide bonds. The zero-order valence-electron chi connectivity index (χ0n) is 16.3. The van der Waals surface area contributed by atoms with Crippen molar-refractivity contribution in [3.8, 4) is 0 Å². The molecule has 1 aliphatic heterocycles. The van der Waals surface area contributed by atoms with E-state index >= 15 is 0 Å². The van der Waals surface area contributed by atoms with Crippen molar-refractivity contribution < 1.29 is 22.4 Å². The number of amides is 1. The molecule has 2 aromatic heterocycles. The Hall–Kier alpha value is -3.57. The van der Waals surface area contributed by atoms with Crippen LogP contribution in [-0.2, 0) is 0 Å². The van der Waals surface area contributed by atoms with Crippen LogP contribution in [0.1, 0.15) is 16.8 Å². The quantitative estimate of drug-likeness (QED) is 0.363. The second kappa shape index (κ2) is 8.66. The molecule has 3 heterocycles. The first-order valence-corrected chi connectivity index (χ1v) is 9.25. The number of aromatic nitrogens is 2. The van der Waals surface area contributed by atoms with Crippen molar-refractivity contribution in [2.24, 2.45) is 16.5 Å². The predicted octanol–water partition coefficient (Wildman–Crippen LogP) is 2.20. The van der Waals surface area contributed by atoms with Crippen LogP contribution in [0.25, 0.3) is 5.52 Å². The van der Waals surface area contributed by atoms with Crippen molar-refractivity contribution in [2.75, 3.05) is 18.4 Å². The van der Waals surface area contributed by atoms with E-state index in [0.29, 0.717) is 17.3 Å². The fourth-order valence-corrected chi connectivity index (χ4v) is 3.33. The highest BCUT2D eigenvalue weighted by Crippen LogP contribution is 2.28. The molecule has 1 aliphatic rings. The van der Waals surface area contributed by atoms with Gasteiger partial charge in [0.2, 0.25) is 0 Å². The van der Waals surface area contributed by atoms with Gasteiger partial charge in [0.25, 0.3) is 5.91 Å². The molecular formula is C19H21F4N7O. The van der Waals surface area contributed by atoms with Crippen molar-refractivity contribution in [2.45, 2.75) is 24.8 Å². The Bertz CT molecular complexity index is 1040. The molecule has 1 fully saturated rings. The Labute approximate surface area is 174 Å². The van der Waals surface area contributed by atoms with Gasteiger partial charge in [0.1, 0.15) is 11.9 Å². The fraction of sp³-hybridized carbons (Fsp3) is 0.316. The molecule has 0 radical (unpaired) electrons. The summed E-state index contributed by atoms with van der Waals surface area (Å²) in [4.78, 5) is 16.2. The monoisotopic (exact) mass is 439 g/mol. The summed E-state index contributed by atoms with van der Waals surface area (Å²) in [6, 6.07) is 2.77. The van der Waals surface area contributed by atoms with Crippen LogP contribution in [0, 0.1) is 0 Å². The molecule has 2 atom stereocenters. The number of piperidine rings is 1. The number of hydrogen-bond donors (Lipinski definition) is 3. The lowest BCUT2D eigenvalue weighted by atomic mass is 10.0. The number of allylic oxidation sites excluding steroid dienone is 3. The first-order chi connectivity index (χ1) is 14.6. The summed E-state index contributed by atoms with van der Waals surface area (Å²) in [6.45, 7) is 3.02. The van der Waals surface area contributed by atoms with Crippen LogP contribution in [0.3, 0.4) is 0 Å². The molecule has 3 rings (SSSR count). The number of hydrogen-bond acceptors (Lipinski definition) is 6. The summed E-state index contributed by atoms with van der Waals surface area (Å²) < 4.78 is 54.6. The number of nitrogens with two attached hydrogens (primary N) is 2. The summed E-state index contributed by atoms with van der Waals surface area (Å²) in [6.07, 6.45) is -1.11. The third kappa shape index (κ3) is 4.78. The first kappa shape index (κ1) is 22.1. The van der Waals surface area contributed by atoms with E-state index in [1.807, 2.05) is 0 Å². The lowest BCUT2D eigenvalue weighted by Gasteiger charge is -2.37. The van der Waals surface area contributed by atoms with Crippen molar-refractivity contribution in [1.29, 1.82) is 0 Å². The summed E-state index contributed by atoms with van der Waals surface area (Å²) in [7, 11) is 0. The molecule has 12 heteroatoms. The molecule has 31 heavy (non-hydrogen) atoms. The number of halogens is 4. The van der Waals surface area contributed by atoms with E-state index in [0.717, 1.165) is 6.08 Å². The van der Waals surface area contributed by atoms with Crippen LogP contribution < -0.4 is 16.8 Å². The molecule has 0 unspecified atom stereocenters. The molecule has 8 nitrogen and oxygen atoms in total. The lowest BCUT2D eigenvalue weighted by Crippen LogP contribution is -2.48. The molecule has 0 spiro atoms. The van der Waals surface area contributed by atoms with E-state index in [4.69, 9.17) is 11.5 Å². The van der Waals surface area contributed by atoms with E-state index < -0.39 is 30.0 Å². The highest BCUT2D eigenvalue weighted by atomic mass is 19.4. The summed E-state index contributed by atoms with van der Waals surface area (Å²) in [5, 5.41) is 7.12. The van der Waals surface area contributed by atoms with Crippen LogP contribution in [0.2, 0.25) is 0 Å². The van der Waals surface area contributed by atoms with E-state index in [2.05, 4.69) is 22.1 Å². The minimum Gasteiger partial charge on any atom is -0.385 e. The van der Waals surface area contributed by atoms with Crippen LogP contribution in [-0.4, -0.2) is 58.6 Å². The van der Waals surface area contributed by atoms with Crippen molar-refractivity contribution in [1.82, 2.24) is 14.5 Å². The van der Waals surface area contributed by atoms with Gasteiger partial charge in [0.15, 0.2) is 0 Å². The van der Waals surface area contributed by atoms with Gasteiger partial charge in [-0.3, -0.25) is 9.79 Å². The number of primary amides is 1. The summed E-state index contributed by atoms with van der Waals surface area (Å²) in [5.74, 6) is -0.732. The Morgan fingerprint density at radius 2 is 2.10 bits per heavy atom. The summed E-state index contributed by atoms with van der Waals surface area (Å²) in [5.41, 5.74) is 11.1. The zero-order chi connectivity index (χ0) is 22.8. The number of rotatable bonds is 6. The van der Waals surface area contributed by atoms with Crippen molar-refractivity contribution >= 4 is 23.8 Å². The Morgan fingerprint density at radius 3 is 2.71 bits per heavy atom. The highest BCUT2D eigenvalue weighted by molar-refractivity contribution is 6.01. The molecule has 5 N–H and O–H groups in total. The average Bonchev–Trinajstić information content (AvgIpc) is 3.17. The minimum absolute atomic E-state index is 0.0257. The second-order valence-electron chi connectivity index (χ2n) is 6.94. The maximum absolute atomic E-state index is 14.9. The van der Waals surface area contributed by atoms with Crippen molar-refractivity contribution in [3.63, 3.8) is 0 Å². The standard InChI is InChI=1S/C19H21F4N7O/c1-26-15(19(21,22)23)4-5-16(24)29-8-6-13(12(20)10-29)28-17-11(18(25)31)9-27-30-7-2-3-14(17)30/h2-5,7,9,12-13,28H,1,6,8,10,24H2,(H2,25,31)/b15-4-,16-5+/t12-,13+/m0/s1. The van der Waals surface area contributed by atoms with Gasteiger partial charge in [0.05, 0.1) is 41.4 Å². The first-order valence-electron chi connectivity index (χ1n) is 9.25. The predicted molar refractivity (Wildman–Crippen MR) is 108 cm³/mol. The molecule has 0 aromatic carbocycles. The number of fused-ring (bicyclic) bond motifs is 1. The van der Waals surface area contributed by atoms with E-state index in [1.54, 1.807) is 18.3 Å². The number of aliphatic imine (C=N–C) groups is 1. The smallest absolute Gasteiger partial charge is 0.385 e. The largest absolute Gasteiger partial charge is 0.433 e. The van der Waals surface area contributed by atoms with Crippen LogP contribution >= 0.6 is 0 Å². The third-order valence-electron chi connectivity index (χ3n) is 4.94. The van der Waals surface area contributed by atoms with E-state index in [1.165, 1.54) is 15.6 Å². The van der Waals surface area contributed by atoms with Gasteiger partial charge < -0.3 is 21.7 Å². The maximum atomic E-state index is 14.9. The lowest BCUT2D eigenvalue weighted by molar-refractivity contribution is -0.0922. The van der Waals surface area contributed by atoms with Crippen molar-refractivity contribution in [3.05, 3.63) is 53.8 Å². The maximum Gasteiger partial charge on any atom is 0.433 e. The Balaban J connectivity index is 1.75. The molecule has 0 bridgehead atoms. The Kier molecular flexibility index (Phi) is 6.18. The zero-order valence-corrected chi connectivity index (χ0v) is 16.3. The average molecular weight is 439 g/mol. The van der Waals surface area contributed by atoms with Crippen LogP contribution in [0.15, 0.2) is 53.2 Å². The molecule has 0 aliphatic carbocycles. The molecular weight excluding hydrogens is 418 g/mol. The van der Waals surface area contributed by atoms with E-state index in [-0.39, 0.29) is 30.9 Å². The highest BCUT2D eigenvalue weighted by Gasteiger charge is 2.33. The molecule has 166 valence electrons. The molecule has 0 saturated carbocycles. The van der Waals surface area contributed by atoms with Crippen LogP contribution in [0.5, 0.6) is 0 Å². The topological polar surface area (TPSA) is 114 Å². The van der Waals surface area contributed by atoms with Crippen LogP contribution in [0.4, 0.5) is 23.2 Å². The number of nitrogens with one attached hydrogen (secondary N) is 1. The number of anilines is 1. The second-order valence-corrected chi connectivity index (χ2v) is 6.94. The minimum atomic E-state index is -4.66. The summed E-state index contributed by atoms with van der Waals surface area (Å²) >= 11 is 0. The third-order valence-corrected chi connectivity index (χ3v) is 4.94. The number of likely N-dealkylation sites (tertiary alicyclic amines) is 1. The van der Waals surface area contributed by atoms with Gasteiger partial charge in [-0.2, -0.15) is 18.3 Å². The normalized spacial score (nSPS) is 20.7. The number of alkyl halides is 4. The van der Waals surface area contributed by atoms with Gasteiger partial charge in [-0.15, -0.1) is 0 Å². The van der Waals surface area contributed by atoms with Gasteiger partial charge in [-0.1, -0.05) is 0 Å². The van der Waals surface area contributed by atoms with E-state index in [9.17, 15) is 22.4 Å². The van der Waals surface area contributed by atoms with Gasteiger partial charge >= 0.3 is 6.18 Å². The molecule has 1 saturated heterocycles. The molecule has 2 aromatic rings. The van der Waals surface area contributed by atoms with Gasteiger partial charge in [0, 0.05) is 12.7 Å². The number of nitrogens with zero attached hydrogens (tertiary/aromatic N) is 4. The number of carbonyl (C=O) groups excluding carboxylic acids is 1. The number of carbonyl (C=O) groups is 1. The SMILES string of the molecule is C=N/C(=C\C=C(/N)N1CC[C@@H](Nc2c(C(N)=O)cnn3cccc23)[C@@H](F)C1)C(F)(F)F.